The third kappa shape index (κ3) is 5.22. The van der Waals surface area contributed by atoms with Crippen molar-refractivity contribution in [3.05, 3.63) is 89.8 Å². The Kier molecular flexibility index (Phi) is 7.15. The highest BCUT2D eigenvalue weighted by Gasteiger charge is 2.38. The fraction of sp³-hybridized carbons (Fsp3) is 0.308. The van der Waals surface area contributed by atoms with Crippen molar-refractivity contribution in [2.45, 2.75) is 31.6 Å². The third-order valence-corrected chi connectivity index (χ3v) is 6.22. The molecular formula is C26H27FN4O3. The molecule has 1 aliphatic heterocycles. The maximum Gasteiger partial charge on any atom is 0.341 e. The number of carbonyl (C=O) groups excluding carboxylic acids is 2. The number of halogens is 1. The van der Waals surface area contributed by atoms with Crippen LogP contribution in [0.15, 0.2) is 67.0 Å². The first kappa shape index (κ1) is 23.4. The lowest BCUT2D eigenvalue weighted by molar-refractivity contribution is 0.0525. The summed E-state index contributed by atoms with van der Waals surface area (Å²) in [6.45, 7) is 3.06. The number of nitrogens with zero attached hydrogens (tertiary/aromatic N) is 3. The van der Waals surface area contributed by atoms with Crippen LogP contribution in [0.25, 0.3) is 0 Å². The Morgan fingerprint density at radius 1 is 1.03 bits per heavy atom. The standard InChI is InChI=1S/C26H27FN4O3/c1-2-34-24(32)19-17-28-23(29-18-19)16-26(20-8-4-3-5-9-20)12-14-31(15-13-26)25(33)30-22-11-7-6-10-21(22)27/h3-11,17-18H,2,12-16H2,1H3,(H,30,33). The van der Waals surface area contributed by atoms with Gasteiger partial charge in [-0.25, -0.2) is 23.9 Å². The SMILES string of the molecule is CCOC(=O)c1cnc(CC2(c3ccccc3)CCN(C(=O)Nc3ccccc3F)CC2)nc1. The maximum atomic E-state index is 13.9. The van der Waals surface area contributed by atoms with Gasteiger partial charge in [0.1, 0.15) is 11.6 Å². The first-order chi connectivity index (χ1) is 16.5. The van der Waals surface area contributed by atoms with Crippen molar-refractivity contribution < 1.29 is 18.7 Å². The van der Waals surface area contributed by atoms with E-state index in [2.05, 4.69) is 27.4 Å². The molecule has 2 aromatic carbocycles. The van der Waals surface area contributed by atoms with Gasteiger partial charge in [-0.1, -0.05) is 42.5 Å². The van der Waals surface area contributed by atoms with Crippen molar-refractivity contribution in [1.29, 1.82) is 0 Å². The molecule has 8 heteroatoms. The second-order valence-corrected chi connectivity index (χ2v) is 8.33. The van der Waals surface area contributed by atoms with Crippen LogP contribution < -0.4 is 5.32 Å². The van der Waals surface area contributed by atoms with E-state index in [4.69, 9.17) is 4.74 Å². The summed E-state index contributed by atoms with van der Waals surface area (Å²) in [6.07, 6.45) is 4.96. The van der Waals surface area contributed by atoms with Crippen molar-refractivity contribution in [3.63, 3.8) is 0 Å². The Morgan fingerprint density at radius 3 is 2.32 bits per heavy atom. The van der Waals surface area contributed by atoms with E-state index in [0.29, 0.717) is 50.3 Å². The molecule has 1 fully saturated rings. The summed E-state index contributed by atoms with van der Waals surface area (Å²) in [5, 5.41) is 2.67. The van der Waals surface area contributed by atoms with Crippen LogP contribution in [0, 0.1) is 5.82 Å². The van der Waals surface area contributed by atoms with Gasteiger partial charge in [0.15, 0.2) is 0 Å². The lowest BCUT2D eigenvalue weighted by Crippen LogP contribution is -2.47. The zero-order chi connectivity index (χ0) is 24.0. The number of urea groups is 1. The molecule has 0 radical (unpaired) electrons. The van der Waals surface area contributed by atoms with Gasteiger partial charge in [-0.15, -0.1) is 0 Å². The minimum absolute atomic E-state index is 0.169. The predicted octanol–water partition coefficient (Wildman–Crippen LogP) is 4.60. The third-order valence-electron chi connectivity index (χ3n) is 6.22. The number of amides is 2. The van der Waals surface area contributed by atoms with Gasteiger partial charge in [0, 0.05) is 37.3 Å². The van der Waals surface area contributed by atoms with E-state index in [-0.39, 0.29) is 17.1 Å². The second-order valence-electron chi connectivity index (χ2n) is 8.33. The van der Waals surface area contributed by atoms with Crippen LogP contribution in [0.2, 0.25) is 0 Å². The van der Waals surface area contributed by atoms with E-state index in [9.17, 15) is 14.0 Å². The van der Waals surface area contributed by atoms with E-state index in [0.717, 1.165) is 5.56 Å². The van der Waals surface area contributed by atoms with Crippen LogP contribution in [0.4, 0.5) is 14.9 Å². The second kappa shape index (κ2) is 10.4. The van der Waals surface area contributed by atoms with Crippen molar-refractivity contribution in [1.82, 2.24) is 14.9 Å². The number of carbonyl (C=O) groups is 2. The summed E-state index contributed by atoms with van der Waals surface area (Å²) in [6, 6.07) is 16.0. The zero-order valence-electron chi connectivity index (χ0n) is 19.0. The summed E-state index contributed by atoms with van der Waals surface area (Å²) in [4.78, 5) is 35.2. The van der Waals surface area contributed by atoms with Crippen molar-refractivity contribution in [2.24, 2.45) is 0 Å². The van der Waals surface area contributed by atoms with E-state index in [1.54, 1.807) is 30.0 Å². The number of likely N-dealkylation sites (tertiary alicyclic amines) is 1. The lowest BCUT2D eigenvalue weighted by Gasteiger charge is -2.42. The predicted molar refractivity (Wildman–Crippen MR) is 126 cm³/mol. The molecule has 1 saturated heterocycles. The molecule has 0 bridgehead atoms. The fourth-order valence-electron chi connectivity index (χ4n) is 4.32. The average Bonchev–Trinajstić information content (AvgIpc) is 2.87. The molecule has 0 aliphatic carbocycles. The van der Waals surface area contributed by atoms with Gasteiger partial charge >= 0.3 is 12.0 Å². The molecule has 2 amide bonds. The number of piperidine rings is 1. The van der Waals surface area contributed by atoms with Gasteiger partial charge in [-0.05, 0) is 37.5 Å². The molecule has 1 aromatic heterocycles. The first-order valence-corrected chi connectivity index (χ1v) is 11.3. The van der Waals surface area contributed by atoms with Gasteiger partial charge in [0.05, 0.1) is 17.9 Å². The summed E-state index contributed by atoms with van der Waals surface area (Å²) in [7, 11) is 0. The summed E-state index contributed by atoms with van der Waals surface area (Å²) < 4.78 is 19.0. The van der Waals surface area contributed by atoms with Crippen LogP contribution in [0.1, 0.15) is 41.5 Å². The van der Waals surface area contributed by atoms with Crippen LogP contribution >= 0.6 is 0 Å². The number of benzene rings is 2. The molecule has 34 heavy (non-hydrogen) atoms. The molecule has 7 nitrogen and oxygen atoms in total. The largest absolute Gasteiger partial charge is 0.462 e. The van der Waals surface area contributed by atoms with E-state index in [1.165, 1.54) is 18.5 Å². The molecule has 0 saturated carbocycles. The summed E-state index contributed by atoms with van der Waals surface area (Å²) in [5.74, 6) is -0.280. The van der Waals surface area contributed by atoms with Crippen LogP contribution in [-0.4, -0.2) is 46.6 Å². The molecular weight excluding hydrogens is 435 g/mol. The van der Waals surface area contributed by atoms with Crippen LogP contribution in [0.3, 0.4) is 0 Å². The number of anilines is 1. The van der Waals surface area contributed by atoms with Crippen LogP contribution in [0.5, 0.6) is 0 Å². The smallest absolute Gasteiger partial charge is 0.341 e. The Morgan fingerprint density at radius 2 is 1.68 bits per heavy atom. The monoisotopic (exact) mass is 462 g/mol. The first-order valence-electron chi connectivity index (χ1n) is 11.3. The van der Waals surface area contributed by atoms with Gasteiger partial charge in [-0.2, -0.15) is 0 Å². The number of aromatic nitrogens is 2. The fourth-order valence-corrected chi connectivity index (χ4v) is 4.32. The lowest BCUT2D eigenvalue weighted by atomic mass is 9.70. The highest BCUT2D eigenvalue weighted by Crippen LogP contribution is 2.38. The van der Waals surface area contributed by atoms with Crippen molar-refractivity contribution >= 4 is 17.7 Å². The number of ether oxygens (including phenoxy) is 1. The minimum Gasteiger partial charge on any atom is -0.462 e. The highest BCUT2D eigenvalue weighted by atomic mass is 19.1. The summed E-state index contributed by atoms with van der Waals surface area (Å²) in [5.41, 5.74) is 1.38. The summed E-state index contributed by atoms with van der Waals surface area (Å²) >= 11 is 0. The van der Waals surface area contributed by atoms with Gasteiger partial charge in [-0.3, -0.25) is 0 Å². The quantitative estimate of drug-likeness (QED) is 0.541. The minimum atomic E-state index is -0.463. The maximum absolute atomic E-state index is 13.9. The number of rotatable bonds is 6. The molecule has 1 aliphatic rings. The molecule has 1 N–H and O–H groups in total. The van der Waals surface area contributed by atoms with Gasteiger partial charge in [0.25, 0.3) is 0 Å². The topological polar surface area (TPSA) is 84.4 Å². The zero-order valence-corrected chi connectivity index (χ0v) is 19.0. The Labute approximate surface area is 198 Å². The van der Waals surface area contributed by atoms with Crippen LogP contribution in [-0.2, 0) is 16.6 Å². The Balaban J connectivity index is 1.49. The number of esters is 1. The van der Waals surface area contributed by atoms with Crippen molar-refractivity contribution in [2.75, 3.05) is 25.0 Å². The number of hydrogen-bond donors (Lipinski definition) is 1. The van der Waals surface area contributed by atoms with E-state index < -0.39 is 11.8 Å². The van der Waals surface area contributed by atoms with E-state index >= 15 is 0 Å². The number of nitrogens with one attached hydrogen (secondary N) is 1. The molecule has 2 heterocycles. The Hall–Kier alpha value is -3.81. The number of para-hydroxylation sites is 1. The molecule has 3 aromatic rings. The average molecular weight is 463 g/mol. The van der Waals surface area contributed by atoms with Gasteiger partial charge in [0.2, 0.25) is 0 Å². The molecule has 4 rings (SSSR count). The molecule has 0 spiro atoms. The highest BCUT2D eigenvalue weighted by molar-refractivity contribution is 5.89. The van der Waals surface area contributed by atoms with Gasteiger partial charge < -0.3 is 15.0 Å². The Bertz CT molecular complexity index is 1130. The molecule has 0 unspecified atom stereocenters. The number of hydrogen-bond acceptors (Lipinski definition) is 5. The van der Waals surface area contributed by atoms with Crippen molar-refractivity contribution in [3.8, 4) is 0 Å². The normalized spacial score (nSPS) is 14.9. The van der Waals surface area contributed by atoms with E-state index in [1.807, 2.05) is 18.2 Å². The molecule has 176 valence electrons. The molecule has 0 atom stereocenters.